The van der Waals surface area contributed by atoms with Crippen molar-refractivity contribution in [3.8, 4) is 0 Å². The highest BCUT2D eigenvalue weighted by molar-refractivity contribution is 5.26. The largest absolute Gasteiger partial charge is 0.392 e. The van der Waals surface area contributed by atoms with Crippen molar-refractivity contribution in [2.24, 2.45) is 5.73 Å². The highest BCUT2D eigenvalue weighted by atomic mass is 19.1. The van der Waals surface area contributed by atoms with E-state index in [1.165, 1.54) is 6.07 Å². The molecule has 1 aromatic carbocycles. The summed E-state index contributed by atoms with van der Waals surface area (Å²) in [5.74, 6) is -0.143. The zero-order valence-electron chi connectivity index (χ0n) is 9.91. The Morgan fingerprint density at radius 2 is 2.12 bits per heavy atom. The first kappa shape index (κ1) is 13.1. The van der Waals surface area contributed by atoms with Crippen molar-refractivity contribution in [3.63, 3.8) is 0 Å². The molecule has 1 rings (SSSR count). The van der Waals surface area contributed by atoms with E-state index in [0.717, 1.165) is 12.0 Å². The molecule has 90 valence electrons. The summed E-state index contributed by atoms with van der Waals surface area (Å²) in [4.78, 5) is 0. The molecule has 0 aliphatic heterocycles. The zero-order chi connectivity index (χ0) is 12.1. The van der Waals surface area contributed by atoms with Gasteiger partial charge in [-0.1, -0.05) is 19.1 Å². The van der Waals surface area contributed by atoms with Gasteiger partial charge in [-0.15, -0.1) is 0 Å². The van der Waals surface area contributed by atoms with Gasteiger partial charge in [-0.25, -0.2) is 4.39 Å². The Hall–Kier alpha value is -0.930. The van der Waals surface area contributed by atoms with Crippen molar-refractivity contribution in [2.45, 2.75) is 38.7 Å². The average molecular weight is 225 g/mol. The minimum Gasteiger partial charge on any atom is -0.392 e. The van der Waals surface area contributed by atoms with E-state index in [-0.39, 0.29) is 18.3 Å². The molecule has 2 unspecified atom stereocenters. The quantitative estimate of drug-likeness (QED) is 0.808. The van der Waals surface area contributed by atoms with Gasteiger partial charge in [0.25, 0.3) is 0 Å². The second-order valence-corrected chi connectivity index (χ2v) is 4.26. The third-order valence-corrected chi connectivity index (χ3v) is 2.92. The number of aliphatic hydroxyl groups excluding tert-OH is 1. The van der Waals surface area contributed by atoms with Crippen molar-refractivity contribution in [1.82, 2.24) is 0 Å². The van der Waals surface area contributed by atoms with Gasteiger partial charge in [0.15, 0.2) is 0 Å². The van der Waals surface area contributed by atoms with Crippen LogP contribution in [0.3, 0.4) is 0 Å². The van der Waals surface area contributed by atoms with Crippen molar-refractivity contribution in [2.75, 3.05) is 6.54 Å². The second kappa shape index (κ2) is 5.97. The summed E-state index contributed by atoms with van der Waals surface area (Å²) in [6.45, 7) is 4.08. The number of aryl methyl sites for hydroxylation is 1. The molecule has 0 radical (unpaired) electrons. The van der Waals surface area contributed by atoms with Gasteiger partial charge in [-0.2, -0.15) is 0 Å². The lowest BCUT2D eigenvalue weighted by atomic mass is 9.90. The first-order valence-corrected chi connectivity index (χ1v) is 5.72. The van der Waals surface area contributed by atoms with E-state index < -0.39 is 6.10 Å². The highest BCUT2D eigenvalue weighted by Crippen LogP contribution is 2.27. The van der Waals surface area contributed by atoms with Gasteiger partial charge < -0.3 is 10.8 Å². The topological polar surface area (TPSA) is 46.2 Å². The summed E-state index contributed by atoms with van der Waals surface area (Å²) < 4.78 is 13.7. The Balaban J connectivity index is 2.86. The van der Waals surface area contributed by atoms with Crippen LogP contribution in [0.1, 0.15) is 36.8 Å². The molecule has 2 nitrogen and oxygen atoms in total. The lowest BCUT2D eigenvalue weighted by Gasteiger charge is -2.19. The van der Waals surface area contributed by atoms with E-state index in [1.807, 2.05) is 26.0 Å². The molecule has 3 heteroatoms. The number of rotatable bonds is 5. The monoisotopic (exact) mass is 225 g/mol. The zero-order valence-corrected chi connectivity index (χ0v) is 9.91. The maximum Gasteiger partial charge on any atom is 0.126 e. The average Bonchev–Trinajstić information content (AvgIpc) is 2.26. The van der Waals surface area contributed by atoms with Crippen LogP contribution in [0.25, 0.3) is 0 Å². The minimum absolute atomic E-state index is 0.0409. The fourth-order valence-electron chi connectivity index (χ4n) is 1.90. The predicted octanol–water partition coefficient (Wildman–Crippen LogP) is 2.34. The maximum absolute atomic E-state index is 13.7. The van der Waals surface area contributed by atoms with Gasteiger partial charge >= 0.3 is 0 Å². The van der Waals surface area contributed by atoms with E-state index in [9.17, 15) is 9.50 Å². The van der Waals surface area contributed by atoms with Crippen LogP contribution in [0.15, 0.2) is 18.2 Å². The third-order valence-electron chi connectivity index (χ3n) is 2.92. The van der Waals surface area contributed by atoms with Crippen LogP contribution in [0.4, 0.5) is 4.39 Å². The summed E-state index contributed by atoms with van der Waals surface area (Å²) in [6.07, 6.45) is 0.773. The van der Waals surface area contributed by atoms with Crippen LogP contribution in [0.2, 0.25) is 0 Å². The molecule has 0 saturated carbocycles. The molecule has 0 saturated heterocycles. The smallest absolute Gasteiger partial charge is 0.126 e. The second-order valence-electron chi connectivity index (χ2n) is 4.26. The first-order chi connectivity index (χ1) is 7.58. The normalized spacial score (nSPS) is 14.8. The number of hydrogen-bond donors (Lipinski definition) is 2. The Bertz CT molecular complexity index is 341. The number of hydrogen-bond acceptors (Lipinski definition) is 2. The molecular weight excluding hydrogens is 205 g/mol. The van der Waals surface area contributed by atoms with Gasteiger partial charge in [0.05, 0.1) is 6.10 Å². The van der Waals surface area contributed by atoms with Crippen molar-refractivity contribution >= 4 is 0 Å². The molecule has 0 spiro atoms. The molecule has 0 aliphatic rings. The van der Waals surface area contributed by atoms with E-state index in [2.05, 4.69) is 0 Å². The van der Waals surface area contributed by atoms with Crippen LogP contribution >= 0.6 is 0 Å². The van der Waals surface area contributed by atoms with Crippen molar-refractivity contribution < 1.29 is 9.50 Å². The van der Waals surface area contributed by atoms with Crippen LogP contribution in [0, 0.1) is 12.7 Å². The Kier molecular flexibility index (Phi) is 4.90. The Morgan fingerprint density at radius 3 is 2.62 bits per heavy atom. The van der Waals surface area contributed by atoms with Crippen molar-refractivity contribution in [3.05, 3.63) is 35.1 Å². The van der Waals surface area contributed by atoms with Gasteiger partial charge in [0.1, 0.15) is 5.82 Å². The lowest BCUT2D eigenvalue weighted by Crippen LogP contribution is -2.22. The molecule has 16 heavy (non-hydrogen) atoms. The molecular formula is C13H20FNO. The lowest BCUT2D eigenvalue weighted by molar-refractivity contribution is 0.161. The summed E-state index contributed by atoms with van der Waals surface area (Å²) in [6, 6.07) is 5.24. The van der Waals surface area contributed by atoms with Gasteiger partial charge in [-0.3, -0.25) is 0 Å². The van der Waals surface area contributed by atoms with Crippen molar-refractivity contribution in [1.29, 1.82) is 0 Å². The minimum atomic E-state index is -0.550. The predicted molar refractivity (Wildman–Crippen MR) is 63.8 cm³/mol. The molecule has 2 atom stereocenters. The SMILES string of the molecule is CCC(CC(O)CN)c1ccc(C)cc1F. The third kappa shape index (κ3) is 3.29. The highest BCUT2D eigenvalue weighted by Gasteiger charge is 2.17. The summed E-state index contributed by atoms with van der Waals surface area (Å²) in [5.41, 5.74) is 6.97. The first-order valence-electron chi connectivity index (χ1n) is 5.72. The number of halogens is 1. The Labute approximate surface area is 96.3 Å². The molecule has 0 heterocycles. The number of benzene rings is 1. The Morgan fingerprint density at radius 1 is 1.44 bits per heavy atom. The fraction of sp³-hybridized carbons (Fsp3) is 0.538. The molecule has 3 N–H and O–H groups in total. The van der Waals surface area contributed by atoms with Crippen LogP contribution in [-0.4, -0.2) is 17.8 Å². The number of nitrogens with two attached hydrogens (primary N) is 1. The molecule has 1 aromatic rings. The van der Waals surface area contributed by atoms with E-state index in [1.54, 1.807) is 0 Å². The summed E-state index contributed by atoms with van der Waals surface area (Å²) in [7, 11) is 0. The van der Waals surface area contributed by atoms with Crippen LogP contribution in [0.5, 0.6) is 0 Å². The maximum atomic E-state index is 13.7. The molecule has 0 fully saturated rings. The van der Waals surface area contributed by atoms with E-state index >= 15 is 0 Å². The number of aliphatic hydroxyl groups is 1. The molecule has 0 aliphatic carbocycles. The van der Waals surface area contributed by atoms with E-state index in [0.29, 0.717) is 12.0 Å². The summed E-state index contributed by atoms with van der Waals surface area (Å²) in [5, 5.41) is 9.52. The molecule has 0 aromatic heterocycles. The van der Waals surface area contributed by atoms with Gasteiger partial charge in [0.2, 0.25) is 0 Å². The van der Waals surface area contributed by atoms with Gasteiger partial charge in [0, 0.05) is 6.54 Å². The summed E-state index contributed by atoms with van der Waals surface area (Å²) >= 11 is 0. The van der Waals surface area contributed by atoms with Crippen LogP contribution < -0.4 is 5.73 Å². The standard InChI is InChI=1S/C13H20FNO/c1-3-10(7-11(16)8-15)12-5-4-9(2)6-13(12)14/h4-6,10-11,16H,3,7-8,15H2,1-2H3. The van der Waals surface area contributed by atoms with E-state index in [4.69, 9.17) is 5.73 Å². The van der Waals surface area contributed by atoms with Gasteiger partial charge in [-0.05, 0) is 42.9 Å². The van der Waals surface area contributed by atoms with Crippen LogP contribution in [-0.2, 0) is 0 Å². The molecule has 0 bridgehead atoms. The fourth-order valence-corrected chi connectivity index (χ4v) is 1.90. The molecule has 0 amide bonds.